The molecule has 2 N–H and O–H groups in total. The largest absolute Gasteiger partial charge is 0.449 e. The molecule has 0 aromatic rings. The summed E-state index contributed by atoms with van der Waals surface area (Å²) in [7, 11) is 0. The van der Waals surface area contributed by atoms with Crippen LogP contribution in [-0.4, -0.2) is 56.9 Å². The number of alkyl carbamates (subject to hydrolysis) is 1. The second kappa shape index (κ2) is 7.46. The van der Waals surface area contributed by atoms with Crippen LogP contribution in [0.4, 0.5) is 4.79 Å². The van der Waals surface area contributed by atoms with Gasteiger partial charge in [-0.05, 0) is 5.92 Å². The van der Waals surface area contributed by atoms with Crippen molar-refractivity contribution < 1.29 is 9.53 Å². The molecule has 5 nitrogen and oxygen atoms in total. The number of nitrogens with one attached hydrogen (secondary N) is 2. The summed E-state index contributed by atoms with van der Waals surface area (Å²) in [4.78, 5) is 13.6. The fourth-order valence-corrected chi connectivity index (χ4v) is 1.54. The first kappa shape index (κ1) is 13.3. The van der Waals surface area contributed by atoms with Gasteiger partial charge < -0.3 is 15.4 Å². The van der Waals surface area contributed by atoms with Gasteiger partial charge in [-0.1, -0.05) is 13.8 Å². The van der Waals surface area contributed by atoms with Crippen LogP contribution in [0.25, 0.3) is 0 Å². The van der Waals surface area contributed by atoms with Gasteiger partial charge in [0.25, 0.3) is 0 Å². The summed E-state index contributed by atoms with van der Waals surface area (Å²) in [5, 5.41) is 6.06. The predicted octanol–water partition coefficient (Wildman–Crippen LogP) is 0.274. The Morgan fingerprint density at radius 3 is 2.75 bits per heavy atom. The lowest BCUT2D eigenvalue weighted by atomic mass is 10.2. The maximum Gasteiger partial charge on any atom is 0.407 e. The molecule has 0 aromatic carbocycles. The van der Waals surface area contributed by atoms with Crippen molar-refractivity contribution in [3.05, 3.63) is 0 Å². The highest BCUT2D eigenvalue weighted by Gasteiger charge is 2.09. The maximum atomic E-state index is 11.2. The minimum Gasteiger partial charge on any atom is -0.449 e. The summed E-state index contributed by atoms with van der Waals surface area (Å²) in [5.41, 5.74) is 0. The maximum absolute atomic E-state index is 11.2. The number of carbonyl (C=O) groups is 1. The Kier molecular flexibility index (Phi) is 6.18. The van der Waals surface area contributed by atoms with Crippen molar-refractivity contribution in [1.82, 2.24) is 15.5 Å². The predicted molar refractivity (Wildman–Crippen MR) is 63.5 cm³/mol. The molecule has 94 valence electrons. The minimum absolute atomic E-state index is 0.302. The fourth-order valence-electron chi connectivity index (χ4n) is 1.54. The molecule has 0 aliphatic carbocycles. The third-order valence-electron chi connectivity index (χ3n) is 2.45. The van der Waals surface area contributed by atoms with Crippen molar-refractivity contribution in [3.63, 3.8) is 0 Å². The molecule has 0 spiro atoms. The second-order valence-corrected chi connectivity index (χ2v) is 4.51. The van der Waals surface area contributed by atoms with E-state index in [0.717, 1.165) is 32.7 Å². The van der Waals surface area contributed by atoms with Crippen molar-refractivity contribution in [2.45, 2.75) is 13.8 Å². The Morgan fingerprint density at radius 1 is 1.44 bits per heavy atom. The van der Waals surface area contributed by atoms with Crippen LogP contribution in [0.1, 0.15) is 13.8 Å². The minimum atomic E-state index is -0.302. The molecule has 0 atom stereocenters. The molecule has 0 bridgehead atoms. The highest BCUT2D eigenvalue weighted by molar-refractivity contribution is 5.67. The Hall–Kier alpha value is -0.810. The number of rotatable bonds is 5. The molecule has 1 aliphatic heterocycles. The van der Waals surface area contributed by atoms with Crippen LogP contribution in [0.15, 0.2) is 0 Å². The van der Waals surface area contributed by atoms with Gasteiger partial charge in [0.05, 0.1) is 6.61 Å². The molecule has 0 unspecified atom stereocenters. The Bertz CT molecular complexity index is 203. The zero-order valence-corrected chi connectivity index (χ0v) is 10.3. The van der Waals surface area contributed by atoms with Crippen molar-refractivity contribution in [2.75, 3.05) is 45.9 Å². The second-order valence-electron chi connectivity index (χ2n) is 4.51. The molecule has 16 heavy (non-hydrogen) atoms. The Morgan fingerprint density at radius 2 is 2.12 bits per heavy atom. The average Bonchev–Trinajstić information content (AvgIpc) is 2.28. The third kappa shape index (κ3) is 5.92. The van der Waals surface area contributed by atoms with Gasteiger partial charge in [-0.3, -0.25) is 4.90 Å². The van der Waals surface area contributed by atoms with E-state index < -0.39 is 0 Å². The topological polar surface area (TPSA) is 53.6 Å². The summed E-state index contributed by atoms with van der Waals surface area (Å²) in [6, 6.07) is 0. The van der Waals surface area contributed by atoms with Crippen molar-refractivity contribution in [1.29, 1.82) is 0 Å². The average molecular weight is 229 g/mol. The molecule has 1 fully saturated rings. The number of carbonyl (C=O) groups excluding carboxylic acids is 1. The monoisotopic (exact) mass is 229 g/mol. The van der Waals surface area contributed by atoms with Crippen molar-refractivity contribution in [3.8, 4) is 0 Å². The zero-order chi connectivity index (χ0) is 11.8. The van der Waals surface area contributed by atoms with Gasteiger partial charge in [0.1, 0.15) is 0 Å². The van der Waals surface area contributed by atoms with Gasteiger partial charge in [-0.25, -0.2) is 4.79 Å². The third-order valence-corrected chi connectivity index (χ3v) is 2.45. The number of ether oxygens (including phenoxy) is 1. The molecule has 1 aliphatic rings. The van der Waals surface area contributed by atoms with Crippen LogP contribution >= 0.6 is 0 Å². The smallest absolute Gasteiger partial charge is 0.407 e. The first-order valence-electron chi connectivity index (χ1n) is 6.02. The van der Waals surface area contributed by atoms with Crippen LogP contribution in [0, 0.1) is 5.92 Å². The van der Waals surface area contributed by atoms with Gasteiger partial charge in [-0.2, -0.15) is 0 Å². The standard InChI is InChI=1S/C11H23N3O2/c1-10(2)9-16-11(15)13-5-8-14-6-3-12-4-7-14/h10,12H,3-9H2,1-2H3,(H,13,15). The molecule has 1 heterocycles. The van der Waals surface area contributed by atoms with Crippen LogP contribution in [-0.2, 0) is 4.74 Å². The SMILES string of the molecule is CC(C)COC(=O)NCCN1CCNCC1. The molecule has 0 saturated carbocycles. The number of piperazine rings is 1. The highest BCUT2D eigenvalue weighted by atomic mass is 16.5. The molecule has 0 radical (unpaired) electrons. The van der Waals surface area contributed by atoms with E-state index in [1.165, 1.54) is 0 Å². The summed E-state index contributed by atoms with van der Waals surface area (Å²) >= 11 is 0. The van der Waals surface area contributed by atoms with Crippen LogP contribution < -0.4 is 10.6 Å². The zero-order valence-electron chi connectivity index (χ0n) is 10.3. The van der Waals surface area contributed by atoms with E-state index in [1.807, 2.05) is 13.8 Å². The van der Waals surface area contributed by atoms with E-state index in [1.54, 1.807) is 0 Å². The van der Waals surface area contributed by atoms with E-state index >= 15 is 0 Å². The van der Waals surface area contributed by atoms with E-state index in [-0.39, 0.29) is 6.09 Å². The quantitative estimate of drug-likeness (QED) is 0.711. The van der Waals surface area contributed by atoms with Gasteiger partial charge in [0.2, 0.25) is 0 Å². The number of hydrogen-bond donors (Lipinski definition) is 2. The number of hydrogen-bond acceptors (Lipinski definition) is 4. The van der Waals surface area contributed by atoms with Gasteiger partial charge in [0, 0.05) is 39.3 Å². The summed E-state index contributed by atoms with van der Waals surface area (Å²) in [6.07, 6.45) is -0.302. The molecule has 1 amide bonds. The highest BCUT2D eigenvalue weighted by Crippen LogP contribution is 1.93. The molecular weight excluding hydrogens is 206 g/mol. The Labute approximate surface area is 97.5 Å². The van der Waals surface area contributed by atoms with Gasteiger partial charge >= 0.3 is 6.09 Å². The van der Waals surface area contributed by atoms with Crippen molar-refractivity contribution in [2.24, 2.45) is 5.92 Å². The van der Waals surface area contributed by atoms with Gasteiger partial charge in [-0.15, -0.1) is 0 Å². The van der Waals surface area contributed by atoms with Crippen LogP contribution in [0.5, 0.6) is 0 Å². The lowest BCUT2D eigenvalue weighted by Crippen LogP contribution is -2.46. The van der Waals surface area contributed by atoms with Crippen molar-refractivity contribution >= 4 is 6.09 Å². The molecule has 0 aromatic heterocycles. The van der Waals surface area contributed by atoms with Gasteiger partial charge in [0.15, 0.2) is 0 Å². The van der Waals surface area contributed by atoms with Crippen LogP contribution in [0.2, 0.25) is 0 Å². The molecule has 1 rings (SSSR count). The molecule has 1 saturated heterocycles. The summed E-state index contributed by atoms with van der Waals surface area (Å²) in [5.74, 6) is 0.388. The van der Waals surface area contributed by atoms with E-state index in [9.17, 15) is 4.79 Å². The van der Waals surface area contributed by atoms with E-state index in [4.69, 9.17) is 4.74 Å². The van der Waals surface area contributed by atoms with E-state index in [0.29, 0.717) is 19.1 Å². The first-order chi connectivity index (χ1) is 7.68. The number of nitrogens with zero attached hydrogens (tertiary/aromatic N) is 1. The Balaban J connectivity index is 1.99. The van der Waals surface area contributed by atoms with Crippen LogP contribution in [0.3, 0.4) is 0 Å². The van der Waals surface area contributed by atoms with E-state index in [2.05, 4.69) is 15.5 Å². The normalized spacial score (nSPS) is 17.4. The molecule has 5 heteroatoms. The summed E-state index contributed by atoms with van der Waals surface area (Å²) < 4.78 is 5.01. The first-order valence-corrected chi connectivity index (χ1v) is 6.02. The fraction of sp³-hybridized carbons (Fsp3) is 0.909. The molecular formula is C11H23N3O2. The summed E-state index contributed by atoms with van der Waals surface area (Å²) in [6.45, 7) is 10.3. The lowest BCUT2D eigenvalue weighted by molar-refractivity contribution is 0.131. The lowest BCUT2D eigenvalue weighted by Gasteiger charge is -2.26. The number of amides is 1.